The van der Waals surface area contributed by atoms with Crippen LogP contribution in [0, 0.1) is 5.92 Å². The molecule has 17 heavy (non-hydrogen) atoms. The predicted molar refractivity (Wildman–Crippen MR) is 65.3 cm³/mol. The van der Waals surface area contributed by atoms with E-state index in [4.69, 9.17) is 5.73 Å². The number of phenolic OH excluding ortho intramolecular Hbond substituents is 1. The van der Waals surface area contributed by atoms with Crippen LogP contribution in [-0.2, 0) is 11.3 Å². The molecule has 1 aromatic rings. The van der Waals surface area contributed by atoms with Gasteiger partial charge in [-0.2, -0.15) is 0 Å². The molecule has 0 spiro atoms. The number of nitrogens with zero attached hydrogens (tertiary/aromatic N) is 1. The van der Waals surface area contributed by atoms with E-state index in [1.54, 1.807) is 23.1 Å². The largest absolute Gasteiger partial charge is 0.508 e. The van der Waals surface area contributed by atoms with Crippen molar-refractivity contribution in [2.45, 2.75) is 19.4 Å². The van der Waals surface area contributed by atoms with Crippen molar-refractivity contribution in [3.05, 3.63) is 29.8 Å². The zero-order chi connectivity index (χ0) is 12.3. The quantitative estimate of drug-likeness (QED) is 0.801. The summed E-state index contributed by atoms with van der Waals surface area (Å²) in [5, 5.41) is 9.39. The van der Waals surface area contributed by atoms with Crippen LogP contribution in [0.2, 0.25) is 0 Å². The van der Waals surface area contributed by atoms with Crippen LogP contribution in [0.5, 0.6) is 5.75 Å². The molecule has 0 aromatic heterocycles. The minimum absolute atomic E-state index is 0.0276. The third kappa shape index (κ3) is 3.46. The molecule has 4 nitrogen and oxygen atoms in total. The maximum Gasteiger partial charge on any atom is 0.236 e. The van der Waals surface area contributed by atoms with Gasteiger partial charge in [0.05, 0.1) is 6.54 Å². The molecule has 4 heteroatoms. The Balaban J connectivity index is 2.02. The van der Waals surface area contributed by atoms with Gasteiger partial charge in [0.2, 0.25) is 5.91 Å². The zero-order valence-corrected chi connectivity index (χ0v) is 9.80. The number of hydrogen-bond donors (Lipinski definition) is 2. The van der Waals surface area contributed by atoms with Crippen molar-refractivity contribution in [2.24, 2.45) is 11.7 Å². The van der Waals surface area contributed by atoms with Gasteiger partial charge in [-0.05, 0) is 36.5 Å². The molecule has 0 radical (unpaired) electrons. The Morgan fingerprint density at radius 1 is 1.47 bits per heavy atom. The molecule has 0 atom stereocenters. The molecule has 1 aliphatic carbocycles. The van der Waals surface area contributed by atoms with Crippen LogP contribution in [0.3, 0.4) is 0 Å². The van der Waals surface area contributed by atoms with Crippen molar-refractivity contribution in [1.29, 1.82) is 0 Å². The Morgan fingerprint density at radius 3 is 2.82 bits per heavy atom. The van der Waals surface area contributed by atoms with Gasteiger partial charge in [0, 0.05) is 13.1 Å². The first-order valence-electron chi connectivity index (χ1n) is 5.95. The lowest BCUT2D eigenvalue weighted by Crippen LogP contribution is -2.36. The SMILES string of the molecule is NCC(=O)N(Cc1cccc(O)c1)CC1CC1. The number of phenols is 1. The molecule has 1 fully saturated rings. The minimum Gasteiger partial charge on any atom is -0.508 e. The van der Waals surface area contributed by atoms with Gasteiger partial charge in [-0.3, -0.25) is 4.79 Å². The second-order valence-corrected chi connectivity index (χ2v) is 4.59. The number of carbonyl (C=O) groups excluding carboxylic acids is 1. The molecule has 92 valence electrons. The minimum atomic E-state index is -0.0276. The van der Waals surface area contributed by atoms with Crippen LogP contribution in [0.15, 0.2) is 24.3 Å². The number of rotatable bonds is 5. The highest BCUT2D eigenvalue weighted by molar-refractivity contribution is 5.78. The first-order valence-corrected chi connectivity index (χ1v) is 5.95. The van der Waals surface area contributed by atoms with Crippen LogP contribution in [0.1, 0.15) is 18.4 Å². The normalized spacial score (nSPS) is 14.6. The van der Waals surface area contributed by atoms with Gasteiger partial charge in [0.15, 0.2) is 0 Å². The first-order chi connectivity index (χ1) is 8.19. The summed E-state index contributed by atoms with van der Waals surface area (Å²) in [5.74, 6) is 0.845. The van der Waals surface area contributed by atoms with Crippen molar-refractivity contribution in [1.82, 2.24) is 4.90 Å². The highest BCUT2D eigenvalue weighted by atomic mass is 16.3. The Bertz CT molecular complexity index is 402. The molecule has 1 aromatic carbocycles. The van der Waals surface area contributed by atoms with Crippen molar-refractivity contribution in [3.8, 4) is 5.75 Å². The molecule has 1 amide bonds. The summed E-state index contributed by atoms with van der Waals surface area (Å²) in [6.07, 6.45) is 2.41. The van der Waals surface area contributed by atoms with E-state index in [9.17, 15) is 9.90 Å². The zero-order valence-electron chi connectivity index (χ0n) is 9.80. The lowest BCUT2D eigenvalue weighted by atomic mass is 10.2. The highest BCUT2D eigenvalue weighted by Crippen LogP contribution is 2.30. The summed E-state index contributed by atoms with van der Waals surface area (Å²) in [6, 6.07) is 7.00. The average molecular weight is 234 g/mol. The molecule has 1 aliphatic rings. The maximum atomic E-state index is 11.7. The number of nitrogens with two attached hydrogens (primary N) is 1. The van der Waals surface area contributed by atoms with E-state index in [0.717, 1.165) is 12.1 Å². The molecule has 0 bridgehead atoms. The molecule has 3 N–H and O–H groups in total. The Labute approximate surface area is 101 Å². The van der Waals surface area contributed by atoms with Crippen LogP contribution in [-0.4, -0.2) is 29.0 Å². The summed E-state index contributed by atoms with van der Waals surface area (Å²) in [5.41, 5.74) is 6.35. The van der Waals surface area contributed by atoms with E-state index in [1.807, 2.05) is 6.07 Å². The number of carbonyl (C=O) groups is 1. The Morgan fingerprint density at radius 2 is 2.24 bits per heavy atom. The van der Waals surface area contributed by atoms with Gasteiger partial charge in [0.25, 0.3) is 0 Å². The van der Waals surface area contributed by atoms with Gasteiger partial charge in [-0.25, -0.2) is 0 Å². The fraction of sp³-hybridized carbons (Fsp3) is 0.462. The van der Waals surface area contributed by atoms with Gasteiger partial charge in [-0.15, -0.1) is 0 Å². The number of amides is 1. The van der Waals surface area contributed by atoms with Crippen LogP contribution in [0.4, 0.5) is 0 Å². The molecular weight excluding hydrogens is 216 g/mol. The summed E-state index contributed by atoms with van der Waals surface area (Å²) in [6.45, 7) is 1.36. The summed E-state index contributed by atoms with van der Waals surface area (Å²) in [7, 11) is 0. The molecule has 0 saturated heterocycles. The van der Waals surface area contributed by atoms with Gasteiger partial charge in [0.1, 0.15) is 5.75 Å². The van der Waals surface area contributed by atoms with Crippen molar-refractivity contribution in [2.75, 3.05) is 13.1 Å². The number of benzene rings is 1. The second-order valence-electron chi connectivity index (χ2n) is 4.59. The Hall–Kier alpha value is -1.55. The van der Waals surface area contributed by atoms with Gasteiger partial charge < -0.3 is 15.7 Å². The van der Waals surface area contributed by atoms with E-state index in [-0.39, 0.29) is 18.2 Å². The number of aromatic hydroxyl groups is 1. The van der Waals surface area contributed by atoms with Gasteiger partial charge >= 0.3 is 0 Å². The molecular formula is C13H18N2O2. The monoisotopic (exact) mass is 234 g/mol. The Kier molecular flexibility index (Phi) is 3.64. The van der Waals surface area contributed by atoms with E-state index < -0.39 is 0 Å². The third-order valence-corrected chi connectivity index (χ3v) is 2.99. The van der Waals surface area contributed by atoms with E-state index in [1.165, 1.54) is 12.8 Å². The van der Waals surface area contributed by atoms with E-state index >= 15 is 0 Å². The standard InChI is InChI=1S/C13H18N2O2/c14-7-13(17)15(8-10-4-5-10)9-11-2-1-3-12(16)6-11/h1-3,6,10,16H,4-5,7-9,14H2. The summed E-state index contributed by atoms with van der Waals surface area (Å²) >= 11 is 0. The van der Waals surface area contributed by atoms with E-state index in [0.29, 0.717) is 12.5 Å². The van der Waals surface area contributed by atoms with Crippen LogP contribution in [0.25, 0.3) is 0 Å². The molecule has 0 unspecified atom stereocenters. The van der Waals surface area contributed by atoms with Crippen molar-refractivity contribution < 1.29 is 9.90 Å². The highest BCUT2D eigenvalue weighted by Gasteiger charge is 2.26. The predicted octanol–water partition coefficient (Wildman–Crippen LogP) is 1.09. The number of hydrogen-bond acceptors (Lipinski definition) is 3. The summed E-state index contributed by atoms with van der Waals surface area (Å²) in [4.78, 5) is 13.5. The average Bonchev–Trinajstić information content (AvgIpc) is 3.11. The molecule has 0 heterocycles. The summed E-state index contributed by atoms with van der Waals surface area (Å²) < 4.78 is 0. The first kappa shape index (κ1) is 11.9. The third-order valence-electron chi connectivity index (χ3n) is 2.99. The van der Waals surface area contributed by atoms with Crippen LogP contribution >= 0.6 is 0 Å². The smallest absolute Gasteiger partial charge is 0.236 e. The molecule has 2 rings (SSSR count). The fourth-order valence-electron chi connectivity index (χ4n) is 1.87. The second kappa shape index (κ2) is 5.19. The maximum absolute atomic E-state index is 11.7. The van der Waals surface area contributed by atoms with Gasteiger partial charge in [-0.1, -0.05) is 12.1 Å². The lowest BCUT2D eigenvalue weighted by Gasteiger charge is -2.22. The fourth-order valence-corrected chi connectivity index (χ4v) is 1.87. The molecule has 0 aliphatic heterocycles. The van der Waals surface area contributed by atoms with Crippen molar-refractivity contribution >= 4 is 5.91 Å². The lowest BCUT2D eigenvalue weighted by molar-refractivity contribution is -0.130. The van der Waals surface area contributed by atoms with Crippen molar-refractivity contribution in [3.63, 3.8) is 0 Å². The topological polar surface area (TPSA) is 66.6 Å². The van der Waals surface area contributed by atoms with Crippen LogP contribution < -0.4 is 5.73 Å². The van der Waals surface area contributed by atoms with E-state index in [2.05, 4.69) is 0 Å². The molecule has 1 saturated carbocycles.